The predicted octanol–water partition coefficient (Wildman–Crippen LogP) is 6.92. The average Bonchev–Trinajstić information content (AvgIpc) is 3.53. The van der Waals surface area contributed by atoms with E-state index < -0.39 is 5.97 Å². The van der Waals surface area contributed by atoms with Crippen LogP contribution in [0.4, 0.5) is 0 Å². The molecule has 0 aliphatic carbocycles. The average molecular weight is 650 g/mol. The molecule has 2 aromatic carbocycles. The third-order valence-electron chi connectivity index (χ3n) is 6.61. The second kappa shape index (κ2) is 13.7. The van der Waals surface area contributed by atoms with Gasteiger partial charge in [-0.25, -0.2) is 4.79 Å². The number of ether oxygens (including phenoxy) is 2. The van der Waals surface area contributed by atoms with Gasteiger partial charge in [-0.2, -0.15) is 0 Å². The van der Waals surface area contributed by atoms with Crippen molar-refractivity contribution in [1.29, 1.82) is 0 Å². The van der Waals surface area contributed by atoms with Crippen LogP contribution in [-0.2, 0) is 16.1 Å². The van der Waals surface area contributed by atoms with E-state index >= 15 is 0 Å². The third-order valence-corrected chi connectivity index (χ3v) is 9.60. The molecular weight excluding hydrogens is 623 g/mol. The van der Waals surface area contributed by atoms with Crippen molar-refractivity contribution in [3.8, 4) is 16.9 Å². The highest BCUT2D eigenvalue weighted by Gasteiger charge is 2.31. The van der Waals surface area contributed by atoms with E-state index in [1.165, 1.54) is 23.1 Å². The van der Waals surface area contributed by atoms with E-state index in [9.17, 15) is 14.7 Å². The van der Waals surface area contributed by atoms with Crippen LogP contribution < -0.4 is 4.74 Å². The Balaban J connectivity index is 1.18. The lowest BCUT2D eigenvalue weighted by molar-refractivity contribution is -0.122. The molecule has 5 rings (SSSR count). The molecule has 0 spiro atoms. The number of thiocarbonyl (C=S) groups is 1. The number of halogens is 2. The van der Waals surface area contributed by atoms with Crippen molar-refractivity contribution in [3.63, 3.8) is 0 Å². The van der Waals surface area contributed by atoms with Crippen molar-refractivity contribution in [2.75, 3.05) is 39.5 Å². The summed E-state index contributed by atoms with van der Waals surface area (Å²) in [5.74, 6) is -0.458. The van der Waals surface area contributed by atoms with E-state index in [1.54, 1.807) is 29.2 Å². The van der Waals surface area contributed by atoms with Gasteiger partial charge in [0.05, 0.1) is 40.3 Å². The summed E-state index contributed by atoms with van der Waals surface area (Å²) in [6.45, 7) is 4.22. The number of hydrogen-bond acceptors (Lipinski definition) is 8. The van der Waals surface area contributed by atoms with Crippen molar-refractivity contribution in [2.24, 2.45) is 0 Å². The molecule has 2 fully saturated rings. The van der Waals surface area contributed by atoms with E-state index in [2.05, 4.69) is 4.90 Å². The minimum Gasteiger partial charge on any atom is -0.493 e. The molecule has 41 heavy (non-hydrogen) atoms. The van der Waals surface area contributed by atoms with Crippen LogP contribution in [0.5, 0.6) is 5.75 Å². The molecule has 0 saturated carbocycles. The molecule has 0 unspecified atom stereocenters. The molecule has 0 bridgehead atoms. The normalized spacial score (nSPS) is 17.0. The molecule has 3 heterocycles. The number of carbonyl (C=O) groups excluding carboxylic acids is 1. The molecule has 214 valence electrons. The maximum atomic E-state index is 13.1. The highest BCUT2D eigenvalue weighted by molar-refractivity contribution is 8.26. The molecule has 1 N–H and O–H groups in total. The van der Waals surface area contributed by atoms with Gasteiger partial charge in [0, 0.05) is 36.6 Å². The largest absolute Gasteiger partial charge is 0.493 e. The Kier molecular flexibility index (Phi) is 10.0. The molecule has 2 saturated heterocycles. The zero-order valence-corrected chi connectivity index (χ0v) is 25.8. The van der Waals surface area contributed by atoms with Crippen LogP contribution >= 0.6 is 58.5 Å². The lowest BCUT2D eigenvalue weighted by atomic mass is 10.1. The van der Waals surface area contributed by atoms with Gasteiger partial charge in [-0.05, 0) is 65.4 Å². The van der Waals surface area contributed by atoms with Gasteiger partial charge in [0.25, 0.3) is 5.91 Å². The van der Waals surface area contributed by atoms with Crippen LogP contribution in [0.15, 0.2) is 52.7 Å². The summed E-state index contributed by atoms with van der Waals surface area (Å²) in [5.41, 5.74) is 2.99. The number of thiophene rings is 1. The molecule has 12 heteroatoms. The number of carboxylic acids is 1. The Morgan fingerprint density at radius 3 is 2.66 bits per heavy atom. The Labute approximate surface area is 261 Å². The summed E-state index contributed by atoms with van der Waals surface area (Å²) in [4.78, 5) is 30.0. The summed E-state index contributed by atoms with van der Waals surface area (Å²) in [7, 11) is 0. The van der Waals surface area contributed by atoms with E-state index in [4.69, 9.17) is 44.9 Å². The molecule has 0 atom stereocenters. The van der Waals surface area contributed by atoms with Gasteiger partial charge in [0.1, 0.15) is 10.1 Å². The van der Waals surface area contributed by atoms with Gasteiger partial charge in [0.2, 0.25) is 0 Å². The minimum absolute atomic E-state index is 0.122. The van der Waals surface area contributed by atoms with E-state index in [0.29, 0.717) is 64.4 Å². The quantitative estimate of drug-likeness (QED) is 0.144. The summed E-state index contributed by atoms with van der Waals surface area (Å²) in [5, 5.41) is 12.4. The fourth-order valence-electron chi connectivity index (χ4n) is 4.46. The van der Waals surface area contributed by atoms with Crippen molar-refractivity contribution >= 4 is 80.8 Å². The second-order valence-corrected chi connectivity index (χ2v) is 12.9. The first kappa shape index (κ1) is 30.0. The van der Waals surface area contributed by atoms with Crippen molar-refractivity contribution in [3.05, 3.63) is 78.8 Å². The van der Waals surface area contributed by atoms with Crippen LogP contribution in [0.1, 0.15) is 27.2 Å². The van der Waals surface area contributed by atoms with Gasteiger partial charge in [-0.15, -0.1) is 11.3 Å². The van der Waals surface area contributed by atoms with Crippen molar-refractivity contribution < 1.29 is 24.2 Å². The fourth-order valence-corrected chi connectivity index (χ4v) is 6.98. The van der Waals surface area contributed by atoms with Crippen LogP contribution in [0.3, 0.4) is 0 Å². The van der Waals surface area contributed by atoms with Crippen molar-refractivity contribution in [1.82, 2.24) is 9.80 Å². The standard InChI is InChI=1S/C29H26Cl2N2O5S3/c30-23-4-2-18(14-24(23)31)21-13-22(40-17-21)15-26-27(34)33(29(39)41-26)6-1-9-38-25-5-3-19(28(35)36)12-20(25)16-32-7-10-37-11-8-32/h2-5,12-15,17H,1,6-11,16H2,(H,35,36)/b26-15-. The molecule has 0 radical (unpaired) electrons. The monoisotopic (exact) mass is 648 g/mol. The Hall–Kier alpha value is -2.44. The van der Waals surface area contributed by atoms with Crippen LogP contribution in [0.2, 0.25) is 10.0 Å². The molecule has 1 aromatic heterocycles. The summed E-state index contributed by atoms with van der Waals surface area (Å²) in [6, 6.07) is 12.4. The number of amides is 1. The fraction of sp³-hybridized carbons (Fsp3) is 0.276. The first-order valence-electron chi connectivity index (χ1n) is 12.9. The summed E-state index contributed by atoms with van der Waals surface area (Å²) in [6.07, 6.45) is 2.43. The zero-order valence-electron chi connectivity index (χ0n) is 21.8. The maximum absolute atomic E-state index is 13.1. The number of morpholine rings is 1. The minimum atomic E-state index is -0.977. The number of benzene rings is 2. The molecule has 3 aromatic rings. The maximum Gasteiger partial charge on any atom is 0.335 e. The Morgan fingerprint density at radius 2 is 1.90 bits per heavy atom. The van der Waals surface area contributed by atoms with Gasteiger partial charge in [0.15, 0.2) is 0 Å². The Bertz CT molecular complexity index is 1500. The SMILES string of the molecule is O=C(O)c1ccc(OCCCN2C(=O)/C(=C/c3cc(-c4ccc(Cl)c(Cl)c4)cs3)SC2=S)c(CN2CCOCC2)c1. The third kappa shape index (κ3) is 7.50. The summed E-state index contributed by atoms with van der Waals surface area (Å²) >= 11 is 20.5. The Morgan fingerprint density at radius 1 is 1.10 bits per heavy atom. The molecule has 7 nitrogen and oxygen atoms in total. The van der Waals surface area contributed by atoms with Crippen LogP contribution in [0.25, 0.3) is 17.2 Å². The molecule has 1 amide bonds. The van der Waals surface area contributed by atoms with E-state index in [0.717, 1.165) is 34.7 Å². The number of hydrogen-bond donors (Lipinski definition) is 1. The smallest absolute Gasteiger partial charge is 0.335 e. The van der Waals surface area contributed by atoms with Gasteiger partial charge >= 0.3 is 5.97 Å². The van der Waals surface area contributed by atoms with Crippen molar-refractivity contribution in [2.45, 2.75) is 13.0 Å². The number of nitrogens with zero attached hydrogens (tertiary/aromatic N) is 2. The van der Waals surface area contributed by atoms with Gasteiger partial charge in [-0.3, -0.25) is 14.6 Å². The van der Waals surface area contributed by atoms with E-state index in [1.807, 2.05) is 29.7 Å². The van der Waals surface area contributed by atoms with E-state index in [-0.39, 0.29) is 11.5 Å². The number of rotatable bonds is 10. The lowest BCUT2D eigenvalue weighted by Crippen LogP contribution is -2.35. The first-order valence-corrected chi connectivity index (χ1v) is 15.7. The number of thioether (sulfide) groups is 1. The van der Waals surface area contributed by atoms with Gasteiger partial charge < -0.3 is 14.6 Å². The molecular formula is C29H26Cl2N2O5S3. The summed E-state index contributed by atoms with van der Waals surface area (Å²) < 4.78 is 12.0. The predicted molar refractivity (Wildman–Crippen MR) is 169 cm³/mol. The number of carboxylic acid groups (broad SMARTS) is 1. The highest BCUT2D eigenvalue weighted by atomic mass is 35.5. The van der Waals surface area contributed by atoms with Gasteiger partial charge in [-0.1, -0.05) is 53.2 Å². The van der Waals surface area contributed by atoms with Crippen LogP contribution in [0, 0.1) is 0 Å². The molecule has 2 aliphatic heterocycles. The second-order valence-electron chi connectivity index (χ2n) is 9.42. The lowest BCUT2D eigenvalue weighted by Gasteiger charge is -2.27. The van der Waals surface area contributed by atoms with Crippen LogP contribution in [-0.4, -0.2) is 70.6 Å². The zero-order chi connectivity index (χ0) is 28.9. The highest BCUT2D eigenvalue weighted by Crippen LogP contribution is 2.36. The topological polar surface area (TPSA) is 79.3 Å². The first-order chi connectivity index (χ1) is 19.8. The number of aromatic carboxylic acids is 1. The number of carbonyl (C=O) groups is 2. The molecule has 2 aliphatic rings.